The van der Waals surface area contributed by atoms with Gasteiger partial charge in [-0.3, -0.25) is 24.1 Å². The summed E-state index contributed by atoms with van der Waals surface area (Å²) in [5.41, 5.74) is 3.12. The summed E-state index contributed by atoms with van der Waals surface area (Å²) in [6, 6.07) is 3.25. The molecule has 12 nitrogen and oxygen atoms in total. The molecule has 1 aromatic carbocycles. The fourth-order valence-electron chi connectivity index (χ4n) is 5.58. The Hall–Kier alpha value is -3.87. The van der Waals surface area contributed by atoms with Crippen LogP contribution in [0.4, 0.5) is 10.1 Å². The van der Waals surface area contributed by atoms with E-state index >= 15 is 0 Å². The molecule has 1 aromatic heterocycles. The van der Waals surface area contributed by atoms with Gasteiger partial charge in [0, 0.05) is 19.9 Å². The number of alkyl halides is 1. The maximum Gasteiger partial charge on any atom is 0.250 e. The molecule has 0 saturated heterocycles. The SMILES string of the molecule is CC[C@H](C)[C@@H](C(=O)N[C@H]1CCc2cccc3c2N(C1=O)[C@H](C(=O)NCc1cn[nH]n1)C3)N(CCOCCF)C(C)=O. The molecule has 2 aliphatic rings. The molecule has 0 fully saturated rings. The average molecular weight is 572 g/mol. The van der Waals surface area contributed by atoms with Crippen molar-refractivity contribution in [2.45, 2.75) is 71.1 Å². The summed E-state index contributed by atoms with van der Waals surface area (Å²) in [6.45, 7) is 4.80. The van der Waals surface area contributed by atoms with Crippen LogP contribution in [0.25, 0.3) is 0 Å². The van der Waals surface area contributed by atoms with Crippen molar-refractivity contribution in [3.63, 3.8) is 0 Å². The molecule has 4 rings (SSSR count). The van der Waals surface area contributed by atoms with Crippen molar-refractivity contribution in [3.05, 3.63) is 41.2 Å². The van der Waals surface area contributed by atoms with E-state index in [0.717, 1.165) is 16.8 Å². The highest BCUT2D eigenvalue weighted by atomic mass is 19.1. The van der Waals surface area contributed by atoms with Gasteiger partial charge in [0.25, 0.3) is 0 Å². The van der Waals surface area contributed by atoms with Gasteiger partial charge in [-0.1, -0.05) is 38.5 Å². The molecular weight excluding hydrogens is 533 g/mol. The van der Waals surface area contributed by atoms with Gasteiger partial charge in [0.15, 0.2) is 0 Å². The summed E-state index contributed by atoms with van der Waals surface area (Å²) >= 11 is 0. The van der Waals surface area contributed by atoms with Crippen LogP contribution in [-0.2, 0) is 43.3 Å². The lowest BCUT2D eigenvalue weighted by Crippen LogP contribution is -2.59. The van der Waals surface area contributed by atoms with Gasteiger partial charge < -0.3 is 20.3 Å². The highest BCUT2D eigenvalue weighted by Gasteiger charge is 2.45. The maximum atomic E-state index is 14.0. The molecule has 2 aromatic rings. The van der Waals surface area contributed by atoms with Crippen LogP contribution in [0.15, 0.2) is 24.4 Å². The van der Waals surface area contributed by atoms with Crippen molar-refractivity contribution < 1.29 is 28.3 Å². The molecule has 0 spiro atoms. The third-order valence-electron chi connectivity index (χ3n) is 7.82. The van der Waals surface area contributed by atoms with E-state index in [9.17, 15) is 23.6 Å². The summed E-state index contributed by atoms with van der Waals surface area (Å²) in [5, 5.41) is 16.0. The van der Waals surface area contributed by atoms with Gasteiger partial charge >= 0.3 is 0 Å². The fraction of sp³-hybridized carbons (Fsp3) is 0.571. The molecule has 0 bridgehead atoms. The van der Waals surface area contributed by atoms with E-state index in [1.165, 1.54) is 22.9 Å². The number of H-pyrrole nitrogens is 1. The van der Waals surface area contributed by atoms with Gasteiger partial charge in [-0.05, 0) is 29.9 Å². The minimum atomic E-state index is -0.894. The van der Waals surface area contributed by atoms with Crippen LogP contribution in [0.5, 0.6) is 0 Å². The number of hydrogen-bond donors (Lipinski definition) is 3. The van der Waals surface area contributed by atoms with Crippen LogP contribution >= 0.6 is 0 Å². The van der Waals surface area contributed by atoms with Crippen molar-refractivity contribution in [2.75, 3.05) is 31.3 Å². The molecule has 0 saturated carbocycles. The Bertz CT molecular complexity index is 1240. The van der Waals surface area contributed by atoms with Gasteiger partial charge in [0.2, 0.25) is 23.6 Å². The lowest BCUT2D eigenvalue weighted by atomic mass is 9.95. The summed E-state index contributed by atoms with van der Waals surface area (Å²) in [4.78, 5) is 56.6. The number of para-hydroxylation sites is 1. The number of aromatic amines is 1. The Labute approximate surface area is 238 Å². The van der Waals surface area contributed by atoms with Crippen LogP contribution < -0.4 is 15.5 Å². The average Bonchev–Trinajstić information content (AvgIpc) is 3.60. The van der Waals surface area contributed by atoms with Gasteiger partial charge in [0.1, 0.15) is 30.5 Å². The minimum absolute atomic E-state index is 0.0864. The zero-order valence-corrected chi connectivity index (χ0v) is 23.7. The number of carbonyl (C=O) groups excluding carboxylic acids is 4. The summed E-state index contributed by atoms with van der Waals surface area (Å²) in [7, 11) is 0. The zero-order valence-electron chi connectivity index (χ0n) is 23.7. The normalized spacial score (nSPS) is 19.2. The number of rotatable bonds is 13. The molecule has 222 valence electrons. The third kappa shape index (κ3) is 6.72. The summed E-state index contributed by atoms with van der Waals surface area (Å²) in [6.07, 6.45) is 3.35. The van der Waals surface area contributed by atoms with Crippen molar-refractivity contribution in [2.24, 2.45) is 5.92 Å². The number of amides is 4. The minimum Gasteiger partial charge on any atom is -0.377 e. The third-order valence-corrected chi connectivity index (χ3v) is 7.82. The first-order valence-corrected chi connectivity index (χ1v) is 14.0. The van der Waals surface area contributed by atoms with E-state index in [4.69, 9.17) is 4.74 Å². The van der Waals surface area contributed by atoms with Crippen LogP contribution in [0, 0.1) is 5.92 Å². The molecule has 2 aliphatic heterocycles. The van der Waals surface area contributed by atoms with Crippen molar-refractivity contribution in [1.82, 2.24) is 30.9 Å². The molecule has 3 N–H and O–H groups in total. The number of aryl methyl sites for hydroxylation is 1. The van der Waals surface area contributed by atoms with E-state index in [0.29, 0.717) is 31.4 Å². The summed E-state index contributed by atoms with van der Waals surface area (Å²) < 4.78 is 17.7. The topological polar surface area (TPSA) is 150 Å². The van der Waals surface area contributed by atoms with E-state index in [-0.39, 0.29) is 49.9 Å². The van der Waals surface area contributed by atoms with Crippen LogP contribution in [-0.4, -0.2) is 88.5 Å². The van der Waals surface area contributed by atoms with Crippen molar-refractivity contribution in [3.8, 4) is 0 Å². The second-order valence-electron chi connectivity index (χ2n) is 10.5. The molecule has 4 amide bonds. The van der Waals surface area contributed by atoms with E-state index in [2.05, 4.69) is 26.0 Å². The number of hydrogen-bond acceptors (Lipinski definition) is 7. The lowest BCUT2D eigenvalue weighted by molar-refractivity contribution is -0.143. The van der Waals surface area contributed by atoms with Gasteiger partial charge in [-0.25, -0.2) is 4.39 Å². The first-order valence-electron chi connectivity index (χ1n) is 14.0. The standard InChI is InChI=1S/C28H38FN7O5/c1-4-17(2)24(35(18(3)37)11-13-41-12-10-29)27(39)32-22-9-8-19-6-5-7-20-14-23(36(25(19)20)28(22)40)26(38)30-15-21-16-31-34-33-21/h5-7,16-17,22-24H,4,8-15H2,1-3H3,(H,30,38)(H,32,39)(H,31,33,34)/t17-,22-,23-,24-/m0/s1. The number of ether oxygens (including phenoxy) is 1. The molecular formula is C28H38FN7O5. The lowest BCUT2D eigenvalue weighted by Gasteiger charge is -2.35. The largest absolute Gasteiger partial charge is 0.377 e. The monoisotopic (exact) mass is 571 g/mol. The Balaban J connectivity index is 1.55. The molecule has 4 atom stereocenters. The highest BCUT2D eigenvalue weighted by molar-refractivity contribution is 6.08. The fourth-order valence-corrected chi connectivity index (χ4v) is 5.58. The second-order valence-corrected chi connectivity index (χ2v) is 10.5. The Morgan fingerprint density at radius 3 is 2.73 bits per heavy atom. The Morgan fingerprint density at radius 2 is 2.05 bits per heavy atom. The van der Waals surface area contributed by atoms with Crippen LogP contribution in [0.3, 0.4) is 0 Å². The van der Waals surface area contributed by atoms with Gasteiger partial charge in [-0.15, -0.1) is 0 Å². The number of carbonyl (C=O) groups is 4. The van der Waals surface area contributed by atoms with Crippen LogP contribution in [0.1, 0.15) is 50.4 Å². The van der Waals surface area contributed by atoms with E-state index < -0.39 is 30.7 Å². The number of halogens is 1. The smallest absolute Gasteiger partial charge is 0.250 e. The Kier molecular flexibility index (Phi) is 10.0. The quantitative estimate of drug-likeness (QED) is 0.304. The van der Waals surface area contributed by atoms with E-state index in [1.807, 2.05) is 32.0 Å². The predicted molar refractivity (Wildman–Crippen MR) is 147 cm³/mol. The Morgan fingerprint density at radius 1 is 1.27 bits per heavy atom. The van der Waals surface area contributed by atoms with Gasteiger partial charge in [0.05, 0.1) is 31.6 Å². The van der Waals surface area contributed by atoms with Crippen LogP contribution in [0.2, 0.25) is 0 Å². The molecule has 13 heteroatoms. The highest BCUT2D eigenvalue weighted by Crippen LogP contribution is 2.39. The summed E-state index contributed by atoms with van der Waals surface area (Å²) in [5.74, 6) is -1.68. The number of benzene rings is 1. The molecule has 0 radical (unpaired) electrons. The van der Waals surface area contributed by atoms with Crippen molar-refractivity contribution in [1.29, 1.82) is 0 Å². The molecule has 3 heterocycles. The number of nitrogens with one attached hydrogen (secondary N) is 3. The number of nitrogens with zero attached hydrogens (tertiary/aromatic N) is 4. The molecule has 0 aliphatic carbocycles. The predicted octanol–water partition coefficient (Wildman–Crippen LogP) is 1.06. The second kappa shape index (κ2) is 13.7. The zero-order chi connectivity index (χ0) is 29.5. The van der Waals surface area contributed by atoms with Gasteiger partial charge in [-0.2, -0.15) is 15.4 Å². The first-order chi connectivity index (χ1) is 19.8. The first kappa shape index (κ1) is 30.1. The van der Waals surface area contributed by atoms with Crippen molar-refractivity contribution >= 4 is 29.3 Å². The number of anilines is 1. The maximum absolute atomic E-state index is 14.0. The van der Waals surface area contributed by atoms with E-state index in [1.54, 1.807) is 0 Å². The molecule has 41 heavy (non-hydrogen) atoms. The number of aromatic nitrogens is 3. The molecule has 0 unspecified atom stereocenters.